The summed E-state index contributed by atoms with van der Waals surface area (Å²) >= 11 is 0. The molecule has 0 atom stereocenters. The van der Waals surface area contributed by atoms with E-state index in [9.17, 15) is 0 Å². The van der Waals surface area contributed by atoms with E-state index in [0.717, 1.165) is 44.8 Å². The highest BCUT2D eigenvalue weighted by Gasteiger charge is 2.28. The average molecular weight is 719 g/mol. The van der Waals surface area contributed by atoms with Gasteiger partial charge in [0.2, 0.25) is 0 Å². The van der Waals surface area contributed by atoms with Gasteiger partial charge in [-0.3, -0.25) is 0 Å². The van der Waals surface area contributed by atoms with Crippen molar-refractivity contribution in [1.29, 1.82) is 0 Å². The highest BCUT2D eigenvalue weighted by Crippen LogP contribution is 2.44. The molecule has 2 aromatic heterocycles. The van der Waals surface area contributed by atoms with Gasteiger partial charge >= 0.3 is 0 Å². The molecule has 0 saturated carbocycles. The van der Waals surface area contributed by atoms with Gasteiger partial charge in [-0.2, -0.15) is 0 Å². The zero-order chi connectivity index (χ0) is 38.7. The van der Waals surface area contributed by atoms with E-state index in [1.165, 1.54) is 44.2 Å². The number of hydrogen-bond acceptors (Lipinski definition) is 3. The molecule has 0 bridgehead atoms. The first kappa shape index (κ1) is 36.2. The molecule has 274 valence electrons. The Balaban J connectivity index is 1.24. The molecule has 3 nitrogen and oxygen atoms in total. The van der Waals surface area contributed by atoms with E-state index in [4.69, 9.17) is 14.4 Å². The van der Waals surface area contributed by atoms with Crippen molar-refractivity contribution in [3.63, 3.8) is 0 Å². The van der Waals surface area contributed by atoms with Gasteiger partial charge in [-0.1, -0.05) is 178 Å². The predicted octanol–water partition coefficient (Wildman–Crippen LogP) is 14.6. The molecular weight excluding hydrogens is 669 g/mol. The molecule has 0 aliphatic carbocycles. The third-order valence-corrected chi connectivity index (χ3v) is 10.7. The summed E-state index contributed by atoms with van der Waals surface area (Å²) in [6.45, 7) is 20.5. The molecule has 2 heterocycles. The fraction of sp³-hybridized carbons (Fsp3) is 0.231. The van der Waals surface area contributed by atoms with Gasteiger partial charge in [0.05, 0.1) is 11.4 Å². The van der Waals surface area contributed by atoms with E-state index < -0.39 is 0 Å². The third-order valence-electron chi connectivity index (χ3n) is 10.7. The van der Waals surface area contributed by atoms with Crippen molar-refractivity contribution in [2.45, 2.75) is 78.6 Å². The van der Waals surface area contributed by atoms with Crippen LogP contribution < -0.4 is 0 Å². The summed E-state index contributed by atoms with van der Waals surface area (Å²) < 4.78 is 6.91. The van der Waals surface area contributed by atoms with Crippen molar-refractivity contribution in [3.8, 4) is 56.2 Å². The van der Waals surface area contributed by atoms with Crippen molar-refractivity contribution < 1.29 is 4.42 Å². The van der Waals surface area contributed by atoms with Gasteiger partial charge in [0.1, 0.15) is 11.2 Å². The van der Waals surface area contributed by atoms with Crippen molar-refractivity contribution in [2.75, 3.05) is 0 Å². The van der Waals surface area contributed by atoms with Crippen LogP contribution in [0.1, 0.15) is 79.0 Å². The summed E-state index contributed by atoms with van der Waals surface area (Å²) in [5.74, 6) is 0.700. The van der Waals surface area contributed by atoms with Crippen LogP contribution in [0.25, 0.3) is 78.1 Å². The number of benzene rings is 6. The summed E-state index contributed by atoms with van der Waals surface area (Å²) in [6.07, 6.45) is 0. The molecule has 8 aromatic rings. The van der Waals surface area contributed by atoms with Gasteiger partial charge < -0.3 is 4.42 Å². The van der Waals surface area contributed by atoms with Crippen molar-refractivity contribution >= 4 is 21.9 Å². The highest BCUT2D eigenvalue weighted by molar-refractivity contribution is 6.09. The minimum Gasteiger partial charge on any atom is -0.455 e. The molecule has 0 aliphatic heterocycles. The zero-order valence-corrected chi connectivity index (χ0v) is 33.6. The summed E-state index contributed by atoms with van der Waals surface area (Å²) in [5, 5.41) is 2.35. The van der Waals surface area contributed by atoms with Crippen LogP contribution in [0.3, 0.4) is 0 Å². The Morgan fingerprint density at radius 3 is 1.31 bits per heavy atom. The van der Waals surface area contributed by atoms with Gasteiger partial charge in [-0.05, 0) is 68.3 Å². The van der Waals surface area contributed by atoms with Crippen molar-refractivity contribution in [3.05, 3.63) is 156 Å². The second-order valence-corrected chi connectivity index (χ2v) is 18.0. The molecular formula is C52H50N2O. The van der Waals surface area contributed by atoms with Crippen molar-refractivity contribution in [1.82, 2.24) is 9.97 Å². The molecule has 0 amide bonds. The van der Waals surface area contributed by atoms with Gasteiger partial charge in [0.25, 0.3) is 0 Å². The lowest BCUT2D eigenvalue weighted by atomic mass is 9.79. The monoisotopic (exact) mass is 718 g/mol. The van der Waals surface area contributed by atoms with E-state index in [1.54, 1.807) is 0 Å². The lowest BCUT2D eigenvalue weighted by Crippen LogP contribution is -2.16. The Kier molecular flexibility index (Phi) is 8.88. The molecule has 0 N–H and O–H groups in total. The summed E-state index contributed by atoms with van der Waals surface area (Å²) in [5.41, 5.74) is 15.1. The number of aromatic nitrogens is 2. The lowest BCUT2D eigenvalue weighted by Gasteiger charge is -2.25. The van der Waals surface area contributed by atoms with E-state index in [-0.39, 0.29) is 16.2 Å². The van der Waals surface area contributed by atoms with Crippen LogP contribution in [0.4, 0.5) is 0 Å². The van der Waals surface area contributed by atoms with Crippen LogP contribution in [-0.4, -0.2) is 9.97 Å². The summed E-state index contributed by atoms with van der Waals surface area (Å²) in [6, 6.07) is 49.7. The predicted molar refractivity (Wildman–Crippen MR) is 233 cm³/mol. The first-order valence-electron chi connectivity index (χ1n) is 19.4. The number of nitrogens with zero attached hydrogens (tertiary/aromatic N) is 2. The van der Waals surface area contributed by atoms with Crippen molar-refractivity contribution in [2.24, 2.45) is 0 Å². The minimum atomic E-state index is -0.127. The van der Waals surface area contributed by atoms with Crippen LogP contribution in [0.5, 0.6) is 0 Å². The van der Waals surface area contributed by atoms with E-state index in [1.807, 2.05) is 12.1 Å². The first-order valence-corrected chi connectivity index (χ1v) is 19.4. The van der Waals surface area contributed by atoms with Crippen LogP contribution >= 0.6 is 0 Å². The maximum atomic E-state index is 6.91. The van der Waals surface area contributed by atoms with E-state index >= 15 is 0 Å². The molecule has 0 fully saturated rings. The molecule has 0 unspecified atom stereocenters. The van der Waals surface area contributed by atoms with Crippen LogP contribution in [-0.2, 0) is 16.2 Å². The highest BCUT2D eigenvalue weighted by atomic mass is 16.3. The van der Waals surface area contributed by atoms with Gasteiger partial charge in [-0.15, -0.1) is 0 Å². The molecule has 3 heteroatoms. The smallest absolute Gasteiger partial charge is 0.160 e. The Morgan fingerprint density at radius 2 is 0.782 bits per heavy atom. The Morgan fingerprint density at radius 1 is 0.364 bits per heavy atom. The maximum Gasteiger partial charge on any atom is 0.160 e. The quantitative estimate of drug-likeness (QED) is 0.178. The standard InChI is InChI=1S/C52H50N2O/c1-50(2,3)40-30-42-41-28-39(29-43(51(4,5)6)47(41)55-48(42)44(31-40)52(7,8)9)35-22-26-38(27-23-35)49-53-45(36-18-14-11-15-19-36)32-46(54-49)37-24-20-34(21-25-37)33-16-12-10-13-17-33/h10-32H,1-9H3. The molecule has 0 aliphatic rings. The number of rotatable bonds is 5. The minimum absolute atomic E-state index is 0.00342. The number of hydrogen-bond donors (Lipinski definition) is 0. The van der Waals surface area contributed by atoms with Gasteiger partial charge in [-0.25, -0.2) is 9.97 Å². The fourth-order valence-corrected chi connectivity index (χ4v) is 7.45. The van der Waals surface area contributed by atoms with E-state index in [0.29, 0.717) is 5.82 Å². The normalized spacial score (nSPS) is 12.5. The summed E-state index contributed by atoms with van der Waals surface area (Å²) in [4.78, 5) is 10.3. The molecule has 8 rings (SSSR count). The van der Waals surface area contributed by atoms with Crippen LogP contribution in [0.15, 0.2) is 144 Å². The average Bonchev–Trinajstić information content (AvgIpc) is 3.55. The number of fused-ring (bicyclic) bond motifs is 3. The second kappa shape index (κ2) is 13.5. The maximum absolute atomic E-state index is 6.91. The second-order valence-electron chi connectivity index (χ2n) is 18.0. The van der Waals surface area contributed by atoms with E-state index in [2.05, 4.69) is 190 Å². The van der Waals surface area contributed by atoms with Crippen LogP contribution in [0.2, 0.25) is 0 Å². The largest absolute Gasteiger partial charge is 0.455 e. The van der Waals surface area contributed by atoms with Gasteiger partial charge in [0, 0.05) is 38.6 Å². The van der Waals surface area contributed by atoms with Gasteiger partial charge in [0.15, 0.2) is 5.82 Å². The topological polar surface area (TPSA) is 38.9 Å². The molecule has 55 heavy (non-hydrogen) atoms. The van der Waals surface area contributed by atoms with Crippen LogP contribution in [0, 0.1) is 0 Å². The molecule has 6 aromatic carbocycles. The Hall–Kier alpha value is -5.80. The molecule has 0 saturated heterocycles. The SMILES string of the molecule is CC(C)(C)c1cc(C(C)(C)C)c2oc3c(C(C)(C)C)cc(-c4ccc(-c5nc(-c6ccccc6)cc(-c6ccc(-c7ccccc7)cc6)n5)cc4)cc3c2c1. The first-order chi connectivity index (χ1) is 26.1. The Labute approximate surface area is 326 Å². The fourth-order valence-electron chi connectivity index (χ4n) is 7.45. The molecule has 0 spiro atoms. The Bertz CT molecular complexity index is 2650. The number of furan rings is 1. The lowest BCUT2D eigenvalue weighted by molar-refractivity contribution is 0.550. The molecule has 0 radical (unpaired) electrons. The third kappa shape index (κ3) is 7.12. The zero-order valence-electron chi connectivity index (χ0n) is 33.6. The summed E-state index contributed by atoms with van der Waals surface area (Å²) in [7, 11) is 0.